The fraction of sp³-hybridized carbons (Fsp3) is 0.467. The number of H-pyrrole nitrogens is 1. The van der Waals surface area contributed by atoms with Crippen molar-refractivity contribution in [2.75, 3.05) is 6.54 Å². The number of carbonyl (C=O) groups is 1. The number of carbonyl (C=O) groups excluding carboxylic acids is 1. The second kappa shape index (κ2) is 4.68. The van der Waals surface area contributed by atoms with Crippen LogP contribution >= 0.6 is 0 Å². The Bertz CT molecular complexity index is 598. The molecule has 2 aromatic rings. The highest BCUT2D eigenvalue weighted by atomic mass is 16.2. The molecule has 1 saturated carbocycles. The minimum Gasteiger partial charge on any atom is -0.335 e. The van der Waals surface area contributed by atoms with Crippen LogP contribution in [0.2, 0.25) is 0 Å². The van der Waals surface area contributed by atoms with Crippen LogP contribution in [0.4, 0.5) is 0 Å². The Hall–Kier alpha value is -1.84. The van der Waals surface area contributed by atoms with Crippen molar-refractivity contribution in [3.8, 4) is 0 Å². The van der Waals surface area contributed by atoms with E-state index in [1.807, 2.05) is 29.2 Å². The van der Waals surface area contributed by atoms with Crippen molar-refractivity contribution < 1.29 is 4.79 Å². The maximum Gasteiger partial charge on any atom is 0.275 e. The van der Waals surface area contributed by atoms with Gasteiger partial charge in [0.05, 0.1) is 5.52 Å². The van der Waals surface area contributed by atoms with Crippen LogP contribution in [-0.4, -0.2) is 33.6 Å². The summed E-state index contributed by atoms with van der Waals surface area (Å²) in [7, 11) is 0. The van der Waals surface area contributed by atoms with Crippen LogP contribution in [0.25, 0.3) is 10.9 Å². The third-order valence-electron chi connectivity index (χ3n) is 3.71. The summed E-state index contributed by atoms with van der Waals surface area (Å²) in [5.41, 5.74) is 1.46. The first kappa shape index (κ1) is 12.2. The molecular weight excluding hydrogens is 238 g/mol. The zero-order valence-corrected chi connectivity index (χ0v) is 11.4. The van der Waals surface area contributed by atoms with E-state index in [0.29, 0.717) is 11.6 Å². The molecule has 1 N–H and O–H groups in total. The molecule has 0 saturated heterocycles. The van der Waals surface area contributed by atoms with E-state index in [4.69, 9.17) is 0 Å². The van der Waals surface area contributed by atoms with E-state index in [-0.39, 0.29) is 11.9 Å². The molecule has 3 rings (SSSR count). The van der Waals surface area contributed by atoms with Gasteiger partial charge in [-0.05, 0) is 38.7 Å². The molecule has 4 heteroatoms. The van der Waals surface area contributed by atoms with Crippen molar-refractivity contribution in [3.05, 3.63) is 30.0 Å². The fourth-order valence-electron chi connectivity index (χ4n) is 2.37. The fourth-order valence-corrected chi connectivity index (χ4v) is 2.37. The molecule has 0 aliphatic heterocycles. The Morgan fingerprint density at radius 2 is 2.16 bits per heavy atom. The van der Waals surface area contributed by atoms with Crippen molar-refractivity contribution >= 4 is 16.8 Å². The number of hydrogen-bond donors (Lipinski definition) is 1. The number of benzene rings is 1. The van der Waals surface area contributed by atoms with Crippen LogP contribution in [-0.2, 0) is 0 Å². The lowest BCUT2D eigenvalue weighted by Crippen LogP contribution is -2.38. The predicted octanol–water partition coefficient (Wildman–Crippen LogP) is 2.82. The van der Waals surface area contributed by atoms with Crippen LogP contribution in [0, 0.1) is 5.92 Å². The number of fused-ring (bicyclic) bond motifs is 1. The average molecular weight is 257 g/mol. The van der Waals surface area contributed by atoms with E-state index < -0.39 is 0 Å². The van der Waals surface area contributed by atoms with E-state index in [1.165, 1.54) is 12.8 Å². The van der Waals surface area contributed by atoms with Gasteiger partial charge >= 0.3 is 0 Å². The van der Waals surface area contributed by atoms with Gasteiger partial charge in [-0.3, -0.25) is 9.89 Å². The molecule has 0 atom stereocenters. The standard InChI is InChI=1S/C15H19N3O/c1-10(2)18(9-11-7-8-11)15(19)14-12-5-3-4-6-13(12)16-17-14/h3-6,10-11H,7-9H2,1-2H3,(H,16,17). The van der Waals surface area contributed by atoms with Gasteiger partial charge in [0.25, 0.3) is 5.91 Å². The Balaban J connectivity index is 1.92. The second-order valence-corrected chi connectivity index (χ2v) is 5.61. The van der Waals surface area contributed by atoms with E-state index in [2.05, 4.69) is 24.0 Å². The monoisotopic (exact) mass is 257 g/mol. The number of nitrogens with one attached hydrogen (secondary N) is 1. The van der Waals surface area contributed by atoms with Crippen LogP contribution in [0.5, 0.6) is 0 Å². The van der Waals surface area contributed by atoms with E-state index in [9.17, 15) is 4.79 Å². The average Bonchev–Trinajstić information content (AvgIpc) is 3.12. The van der Waals surface area contributed by atoms with E-state index in [0.717, 1.165) is 17.4 Å². The van der Waals surface area contributed by atoms with Crippen molar-refractivity contribution in [1.82, 2.24) is 15.1 Å². The number of aromatic nitrogens is 2. The quantitative estimate of drug-likeness (QED) is 0.915. The van der Waals surface area contributed by atoms with Crippen LogP contribution in [0.3, 0.4) is 0 Å². The molecule has 100 valence electrons. The summed E-state index contributed by atoms with van der Waals surface area (Å²) in [6, 6.07) is 7.99. The van der Waals surface area contributed by atoms with Gasteiger partial charge in [0.1, 0.15) is 0 Å². The molecular formula is C15H19N3O. The lowest BCUT2D eigenvalue weighted by Gasteiger charge is -2.26. The largest absolute Gasteiger partial charge is 0.335 e. The first-order valence-electron chi connectivity index (χ1n) is 6.91. The first-order valence-corrected chi connectivity index (χ1v) is 6.91. The Morgan fingerprint density at radius 1 is 1.42 bits per heavy atom. The van der Waals surface area contributed by atoms with Gasteiger partial charge in [-0.25, -0.2) is 0 Å². The summed E-state index contributed by atoms with van der Waals surface area (Å²) in [4.78, 5) is 14.6. The third-order valence-corrected chi connectivity index (χ3v) is 3.71. The van der Waals surface area contributed by atoms with Crippen molar-refractivity contribution in [1.29, 1.82) is 0 Å². The Kier molecular flexibility index (Phi) is 3.01. The number of aromatic amines is 1. The lowest BCUT2D eigenvalue weighted by molar-refractivity contribution is 0.0692. The molecule has 19 heavy (non-hydrogen) atoms. The van der Waals surface area contributed by atoms with Gasteiger partial charge in [-0.2, -0.15) is 5.10 Å². The first-order chi connectivity index (χ1) is 9.16. The van der Waals surface area contributed by atoms with Gasteiger partial charge in [-0.15, -0.1) is 0 Å². The van der Waals surface area contributed by atoms with E-state index in [1.54, 1.807) is 0 Å². The van der Waals surface area contributed by atoms with Gasteiger partial charge in [0.15, 0.2) is 5.69 Å². The minimum absolute atomic E-state index is 0.0411. The van der Waals surface area contributed by atoms with Gasteiger partial charge in [0.2, 0.25) is 0 Å². The molecule has 0 radical (unpaired) electrons. The summed E-state index contributed by atoms with van der Waals surface area (Å²) in [5, 5.41) is 8.06. The van der Waals surface area contributed by atoms with Gasteiger partial charge < -0.3 is 4.90 Å². The van der Waals surface area contributed by atoms with Crippen molar-refractivity contribution in [2.45, 2.75) is 32.7 Å². The van der Waals surface area contributed by atoms with Crippen LogP contribution < -0.4 is 0 Å². The lowest BCUT2D eigenvalue weighted by atomic mass is 10.1. The maximum absolute atomic E-state index is 12.7. The SMILES string of the molecule is CC(C)N(CC1CC1)C(=O)c1n[nH]c2ccccc12. The zero-order chi connectivity index (χ0) is 13.4. The summed E-state index contributed by atoms with van der Waals surface area (Å²) < 4.78 is 0. The number of hydrogen-bond acceptors (Lipinski definition) is 2. The highest BCUT2D eigenvalue weighted by Gasteiger charge is 2.30. The highest BCUT2D eigenvalue weighted by Crippen LogP contribution is 2.31. The molecule has 1 aliphatic rings. The molecule has 1 amide bonds. The third kappa shape index (κ3) is 2.35. The van der Waals surface area contributed by atoms with E-state index >= 15 is 0 Å². The molecule has 1 aromatic heterocycles. The summed E-state index contributed by atoms with van der Waals surface area (Å²) in [6.07, 6.45) is 2.50. The topological polar surface area (TPSA) is 49.0 Å². The predicted molar refractivity (Wildman–Crippen MR) is 75.0 cm³/mol. The minimum atomic E-state index is 0.0411. The Morgan fingerprint density at radius 3 is 2.84 bits per heavy atom. The molecule has 1 aliphatic carbocycles. The number of rotatable bonds is 4. The molecule has 0 spiro atoms. The number of nitrogens with zero attached hydrogens (tertiary/aromatic N) is 2. The molecule has 0 unspecified atom stereocenters. The molecule has 1 aromatic carbocycles. The summed E-state index contributed by atoms with van der Waals surface area (Å²) in [6.45, 7) is 4.99. The molecule has 4 nitrogen and oxygen atoms in total. The zero-order valence-electron chi connectivity index (χ0n) is 11.4. The summed E-state index contributed by atoms with van der Waals surface area (Å²) >= 11 is 0. The van der Waals surface area contributed by atoms with Gasteiger partial charge in [0, 0.05) is 18.0 Å². The normalized spacial score (nSPS) is 15.1. The van der Waals surface area contributed by atoms with Gasteiger partial charge in [-0.1, -0.05) is 18.2 Å². The molecule has 1 fully saturated rings. The molecule has 0 bridgehead atoms. The number of para-hydroxylation sites is 1. The van der Waals surface area contributed by atoms with Crippen LogP contribution in [0.1, 0.15) is 37.2 Å². The Labute approximate surface area is 112 Å². The van der Waals surface area contributed by atoms with Crippen molar-refractivity contribution in [3.63, 3.8) is 0 Å². The number of amides is 1. The van der Waals surface area contributed by atoms with Crippen molar-refractivity contribution in [2.24, 2.45) is 5.92 Å². The maximum atomic E-state index is 12.7. The highest BCUT2D eigenvalue weighted by molar-refractivity contribution is 6.04. The molecule has 1 heterocycles. The summed E-state index contributed by atoms with van der Waals surface area (Å²) in [5.74, 6) is 0.732. The smallest absolute Gasteiger partial charge is 0.275 e. The second-order valence-electron chi connectivity index (χ2n) is 5.61. The van der Waals surface area contributed by atoms with Crippen LogP contribution in [0.15, 0.2) is 24.3 Å².